The number of nitrogens with zero attached hydrogens (tertiary/aromatic N) is 1. The van der Waals surface area contributed by atoms with Gasteiger partial charge in [0.15, 0.2) is 0 Å². The molecule has 1 aliphatic heterocycles. The van der Waals surface area contributed by atoms with Crippen LogP contribution in [0.1, 0.15) is 63.0 Å². The van der Waals surface area contributed by atoms with Crippen LogP contribution >= 0.6 is 12.4 Å². The number of carbonyl (C=O) groups is 1. The summed E-state index contributed by atoms with van der Waals surface area (Å²) < 4.78 is 0. The van der Waals surface area contributed by atoms with Crippen LogP contribution in [0.2, 0.25) is 0 Å². The predicted octanol–water partition coefficient (Wildman–Crippen LogP) is 4.03. The van der Waals surface area contributed by atoms with Crippen molar-refractivity contribution in [1.29, 1.82) is 0 Å². The minimum absolute atomic E-state index is 0. The molecule has 0 aromatic heterocycles. The van der Waals surface area contributed by atoms with Crippen LogP contribution < -0.4 is 5.73 Å². The molecule has 1 aliphatic rings. The SMILES string of the molecule is CCC(CC(=O)N1CCCCC1C(C)N)c1ccc(C)cc1.Cl. The number of benzene rings is 1. The average molecular weight is 339 g/mol. The van der Waals surface area contributed by atoms with Crippen LogP contribution in [-0.4, -0.2) is 29.4 Å². The fourth-order valence-corrected chi connectivity index (χ4v) is 3.48. The van der Waals surface area contributed by atoms with Crippen molar-refractivity contribution in [3.05, 3.63) is 35.4 Å². The van der Waals surface area contributed by atoms with Crippen molar-refractivity contribution in [2.75, 3.05) is 6.54 Å². The minimum Gasteiger partial charge on any atom is -0.338 e. The van der Waals surface area contributed by atoms with Gasteiger partial charge in [-0.1, -0.05) is 36.8 Å². The molecule has 3 unspecified atom stereocenters. The average Bonchev–Trinajstić information content (AvgIpc) is 2.53. The lowest BCUT2D eigenvalue weighted by Gasteiger charge is -2.38. The Morgan fingerprint density at radius 1 is 1.30 bits per heavy atom. The molecule has 4 heteroatoms. The second-order valence-electron chi connectivity index (χ2n) is 6.73. The quantitative estimate of drug-likeness (QED) is 0.881. The third kappa shape index (κ3) is 5.22. The molecule has 0 spiro atoms. The third-order valence-electron chi connectivity index (χ3n) is 4.94. The number of aryl methyl sites for hydroxylation is 1. The summed E-state index contributed by atoms with van der Waals surface area (Å²) in [6.45, 7) is 7.15. The normalized spacial score (nSPS) is 20.5. The number of halogens is 1. The highest BCUT2D eigenvalue weighted by Gasteiger charge is 2.30. The van der Waals surface area contributed by atoms with Crippen molar-refractivity contribution >= 4 is 18.3 Å². The number of likely N-dealkylation sites (tertiary alicyclic amines) is 1. The molecule has 1 aromatic rings. The highest BCUT2D eigenvalue weighted by molar-refractivity contribution is 5.85. The Morgan fingerprint density at radius 2 is 1.96 bits per heavy atom. The second kappa shape index (κ2) is 9.29. The first-order chi connectivity index (χ1) is 10.5. The molecular formula is C19H31ClN2O. The van der Waals surface area contributed by atoms with Crippen molar-refractivity contribution in [2.45, 2.75) is 70.9 Å². The lowest BCUT2D eigenvalue weighted by molar-refractivity contribution is -0.135. The number of rotatable bonds is 5. The van der Waals surface area contributed by atoms with Gasteiger partial charge in [-0.3, -0.25) is 4.79 Å². The van der Waals surface area contributed by atoms with E-state index in [0.717, 1.165) is 25.8 Å². The summed E-state index contributed by atoms with van der Waals surface area (Å²) in [5.74, 6) is 0.582. The molecule has 130 valence electrons. The van der Waals surface area contributed by atoms with Crippen LogP contribution in [0.3, 0.4) is 0 Å². The Balaban J connectivity index is 0.00000264. The number of piperidine rings is 1. The first kappa shape index (κ1) is 20.0. The number of hydrogen-bond donors (Lipinski definition) is 1. The topological polar surface area (TPSA) is 46.3 Å². The zero-order chi connectivity index (χ0) is 16.1. The van der Waals surface area contributed by atoms with Crippen LogP contribution in [0.25, 0.3) is 0 Å². The van der Waals surface area contributed by atoms with Crippen LogP contribution in [-0.2, 0) is 4.79 Å². The van der Waals surface area contributed by atoms with E-state index in [2.05, 4.69) is 38.1 Å². The van der Waals surface area contributed by atoms with E-state index in [4.69, 9.17) is 5.73 Å². The molecule has 1 heterocycles. The number of carbonyl (C=O) groups excluding carboxylic acids is 1. The Bertz CT molecular complexity index is 487. The maximum Gasteiger partial charge on any atom is 0.223 e. The van der Waals surface area contributed by atoms with Gasteiger partial charge in [0.1, 0.15) is 0 Å². The van der Waals surface area contributed by atoms with Crippen LogP contribution in [0.4, 0.5) is 0 Å². The summed E-state index contributed by atoms with van der Waals surface area (Å²) in [6.07, 6.45) is 4.93. The first-order valence-electron chi connectivity index (χ1n) is 8.64. The van der Waals surface area contributed by atoms with E-state index in [1.165, 1.54) is 17.5 Å². The van der Waals surface area contributed by atoms with Gasteiger partial charge in [-0.05, 0) is 51.0 Å². The molecule has 1 fully saturated rings. The molecule has 1 amide bonds. The molecule has 1 aromatic carbocycles. The van der Waals surface area contributed by atoms with E-state index in [1.807, 2.05) is 11.8 Å². The standard InChI is InChI=1S/C19H30N2O.ClH/c1-4-16(17-10-8-14(2)9-11-17)13-19(22)21-12-6-5-7-18(21)15(3)20;/h8-11,15-16,18H,4-7,12-13,20H2,1-3H3;1H. The molecule has 2 rings (SSSR count). The van der Waals surface area contributed by atoms with Crippen molar-refractivity contribution in [2.24, 2.45) is 5.73 Å². The Hall–Kier alpha value is -1.06. The lowest BCUT2D eigenvalue weighted by atomic mass is 9.90. The zero-order valence-electron chi connectivity index (χ0n) is 14.6. The van der Waals surface area contributed by atoms with Gasteiger partial charge in [0.05, 0.1) is 0 Å². The van der Waals surface area contributed by atoms with Gasteiger partial charge < -0.3 is 10.6 Å². The fourth-order valence-electron chi connectivity index (χ4n) is 3.48. The zero-order valence-corrected chi connectivity index (χ0v) is 15.4. The lowest BCUT2D eigenvalue weighted by Crippen LogP contribution is -2.51. The van der Waals surface area contributed by atoms with Gasteiger partial charge in [0.2, 0.25) is 5.91 Å². The van der Waals surface area contributed by atoms with Gasteiger partial charge in [-0.2, -0.15) is 0 Å². The fraction of sp³-hybridized carbons (Fsp3) is 0.632. The molecule has 0 saturated carbocycles. The highest BCUT2D eigenvalue weighted by atomic mass is 35.5. The van der Waals surface area contributed by atoms with E-state index in [1.54, 1.807) is 0 Å². The molecule has 0 radical (unpaired) electrons. The third-order valence-corrected chi connectivity index (χ3v) is 4.94. The second-order valence-corrected chi connectivity index (χ2v) is 6.73. The minimum atomic E-state index is 0. The van der Waals surface area contributed by atoms with Gasteiger partial charge >= 0.3 is 0 Å². The summed E-state index contributed by atoms with van der Waals surface area (Å²) in [5.41, 5.74) is 8.63. The van der Waals surface area contributed by atoms with E-state index in [9.17, 15) is 4.79 Å². The van der Waals surface area contributed by atoms with Crippen LogP contribution in [0.15, 0.2) is 24.3 Å². The maximum atomic E-state index is 12.8. The van der Waals surface area contributed by atoms with Crippen molar-refractivity contribution in [3.8, 4) is 0 Å². The smallest absolute Gasteiger partial charge is 0.223 e. The molecule has 3 nitrogen and oxygen atoms in total. The number of hydrogen-bond acceptors (Lipinski definition) is 2. The number of nitrogens with two attached hydrogens (primary N) is 1. The molecular weight excluding hydrogens is 308 g/mol. The van der Waals surface area contributed by atoms with Crippen molar-refractivity contribution in [1.82, 2.24) is 4.90 Å². The van der Waals surface area contributed by atoms with E-state index in [-0.39, 0.29) is 30.4 Å². The summed E-state index contributed by atoms with van der Waals surface area (Å²) >= 11 is 0. The van der Waals surface area contributed by atoms with Crippen molar-refractivity contribution in [3.63, 3.8) is 0 Å². The van der Waals surface area contributed by atoms with E-state index >= 15 is 0 Å². The molecule has 0 aliphatic carbocycles. The molecule has 3 atom stereocenters. The summed E-state index contributed by atoms with van der Waals surface area (Å²) in [7, 11) is 0. The summed E-state index contributed by atoms with van der Waals surface area (Å²) in [5, 5.41) is 0. The highest BCUT2D eigenvalue weighted by Crippen LogP contribution is 2.27. The van der Waals surface area contributed by atoms with Crippen molar-refractivity contribution < 1.29 is 4.79 Å². The molecule has 1 saturated heterocycles. The molecule has 23 heavy (non-hydrogen) atoms. The van der Waals surface area contributed by atoms with Gasteiger partial charge in [0.25, 0.3) is 0 Å². The molecule has 2 N–H and O–H groups in total. The van der Waals surface area contributed by atoms with Gasteiger partial charge in [-0.25, -0.2) is 0 Å². The Kier molecular flexibility index (Phi) is 8.07. The van der Waals surface area contributed by atoms with Crippen LogP contribution in [0.5, 0.6) is 0 Å². The van der Waals surface area contributed by atoms with Gasteiger partial charge in [0, 0.05) is 25.0 Å². The summed E-state index contributed by atoms with van der Waals surface area (Å²) in [6, 6.07) is 8.87. The monoisotopic (exact) mass is 338 g/mol. The van der Waals surface area contributed by atoms with E-state index < -0.39 is 0 Å². The Labute approximate surface area is 147 Å². The predicted molar refractivity (Wildman–Crippen MR) is 99.1 cm³/mol. The van der Waals surface area contributed by atoms with E-state index in [0.29, 0.717) is 12.3 Å². The maximum absolute atomic E-state index is 12.8. The first-order valence-corrected chi connectivity index (χ1v) is 8.64. The Morgan fingerprint density at radius 3 is 2.52 bits per heavy atom. The van der Waals surface area contributed by atoms with Crippen LogP contribution in [0, 0.1) is 6.92 Å². The van der Waals surface area contributed by atoms with Gasteiger partial charge in [-0.15, -0.1) is 12.4 Å². The summed E-state index contributed by atoms with van der Waals surface area (Å²) in [4.78, 5) is 14.8. The number of amides is 1. The molecule has 0 bridgehead atoms. The largest absolute Gasteiger partial charge is 0.338 e.